The molecule has 3 aliphatic rings. The Morgan fingerprint density at radius 1 is 1.05 bits per heavy atom. The van der Waals surface area contributed by atoms with Crippen molar-refractivity contribution in [2.24, 2.45) is 5.92 Å². The highest BCUT2D eigenvalue weighted by molar-refractivity contribution is 6.33. The lowest BCUT2D eigenvalue weighted by Crippen LogP contribution is -2.48. The molecule has 0 radical (unpaired) electrons. The molecule has 1 atom stereocenters. The number of aromatic amines is 1. The number of piperidine rings is 1. The molecule has 3 fully saturated rings. The third-order valence-corrected chi connectivity index (χ3v) is 8.52. The minimum Gasteiger partial charge on any atom is -0.360 e. The van der Waals surface area contributed by atoms with Crippen molar-refractivity contribution in [3.8, 4) is 11.3 Å². The van der Waals surface area contributed by atoms with Crippen molar-refractivity contribution in [2.45, 2.75) is 25.3 Å². The van der Waals surface area contributed by atoms with Gasteiger partial charge in [-0.3, -0.25) is 9.69 Å². The molecule has 38 heavy (non-hydrogen) atoms. The van der Waals surface area contributed by atoms with E-state index in [1.165, 1.54) is 6.54 Å². The Balaban J connectivity index is 0.996. The van der Waals surface area contributed by atoms with E-state index in [4.69, 9.17) is 16.6 Å². The van der Waals surface area contributed by atoms with Crippen LogP contribution in [-0.4, -0.2) is 107 Å². The summed E-state index contributed by atoms with van der Waals surface area (Å²) in [7, 11) is 0. The molecular weight excluding hydrogens is 500 g/mol. The van der Waals surface area contributed by atoms with Crippen LogP contribution in [0, 0.1) is 5.92 Å². The second-order valence-corrected chi connectivity index (χ2v) is 11.3. The molecule has 0 aliphatic carbocycles. The van der Waals surface area contributed by atoms with Crippen LogP contribution < -0.4 is 10.6 Å². The fraction of sp³-hybridized carbons (Fsp3) is 0.536. The van der Waals surface area contributed by atoms with Gasteiger partial charge in [-0.1, -0.05) is 29.8 Å². The fourth-order valence-corrected chi connectivity index (χ4v) is 6.28. The highest BCUT2D eigenvalue weighted by atomic mass is 35.5. The van der Waals surface area contributed by atoms with E-state index < -0.39 is 0 Å². The molecule has 10 heteroatoms. The summed E-state index contributed by atoms with van der Waals surface area (Å²) in [4.78, 5) is 32.4. The van der Waals surface area contributed by atoms with Crippen LogP contribution in [0.4, 0.5) is 5.95 Å². The molecule has 9 nitrogen and oxygen atoms in total. The number of carbonyl (C=O) groups is 1. The van der Waals surface area contributed by atoms with Crippen LogP contribution in [-0.2, 0) is 4.79 Å². The number of fused-ring (bicyclic) bond motifs is 1. The first-order valence-corrected chi connectivity index (χ1v) is 14.3. The van der Waals surface area contributed by atoms with Gasteiger partial charge in [-0.25, -0.2) is 9.97 Å². The van der Waals surface area contributed by atoms with Crippen molar-refractivity contribution in [2.75, 3.05) is 70.8 Å². The molecule has 0 unspecified atom stereocenters. The lowest BCUT2D eigenvalue weighted by atomic mass is 9.96. The second kappa shape index (κ2) is 11.6. The number of H-pyrrole nitrogens is 1. The van der Waals surface area contributed by atoms with Crippen LogP contribution in [0.5, 0.6) is 0 Å². The summed E-state index contributed by atoms with van der Waals surface area (Å²) < 4.78 is 0. The van der Waals surface area contributed by atoms with Gasteiger partial charge >= 0.3 is 0 Å². The molecule has 0 bridgehead atoms. The van der Waals surface area contributed by atoms with E-state index in [1.807, 2.05) is 24.4 Å². The zero-order chi connectivity index (χ0) is 25.9. The van der Waals surface area contributed by atoms with Gasteiger partial charge in [-0.05, 0) is 31.2 Å². The maximum absolute atomic E-state index is 13.0. The number of rotatable bonds is 7. The summed E-state index contributed by atoms with van der Waals surface area (Å²) in [6.07, 6.45) is 6.79. The first-order chi connectivity index (χ1) is 18.6. The average Bonchev–Trinajstić information content (AvgIpc) is 3.57. The summed E-state index contributed by atoms with van der Waals surface area (Å²) in [6, 6.07) is 8.32. The standard InChI is InChI=1S/C28H37ClN8O/c29-24-16-32-28(34-27(24)23-15-31-25-4-2-1-3-22(23)25)33-21-7-10-36(18-21)19-26(38)37-11-5-20(6-12-37)17-35-13-8-30-9-14-35/h1-4,15-16,20-21,30-31H,5-14,17-19H2,(H,32,33,34)/t21-/m1/s1. The normalized spacial score (nSPS) is 21.8. The molecule has 1 amide bonds. The van der Waals surface area contributed by atoms with Crippen LogP contribution in [0.15, 0.2) is 36.7 Å². The van der Waals surface area contributed by atoms with Crippen LogP contribution in [0.3, 0.4) is 0 Å². The number of hydrogen-bond donors (Lipinski definition) is 3. The van der Waals surface area contributed by atoms with E-state index in [2.05, 4.69) is 41.4 Å². The Morgan fingerprint density at radius 3 is 2.71 bits per heavy atom. The Morgan fingerprint density at radius 2 is 1.87 bits per heavy atom. The lowest BCUT2D eigenvalue weighted by molar-refractivity contribution is -0.133. The van der Waals surface area contributed by atoms with Crippen LogP contribution >= 0.6 is 11.6 Å². The minimum absolute atomic E-state index is 0.199. The largest absolute Gasteiger partial charge is 0.360 e. The molecule has 3 aromatic rings. The molecule has 0 saturated carbocycles. The Labute approximate surface area is 228 Å². The molecule has 3 saturated heterocycles. The molecular formula is C28H37ClN8O. The number of halogens is 1. The Kier molecular flexibility index (Phi) is 7.78. The maximum Gasteiger partial charge on any atom is 0.236 e. The van der Waals surface area contributed by atoms with Gasteiger partial charge in [-0.15, -0.1) is 0 Å². The maximum atomic E-state index is 13.0. The number of amides is 1. The first-order valence-electron chi connectivity index (χ1n) is 13.9. The van der Waals surface area contributed by atoms with Gasteiger partial charge in [-0.2, -0.15) is 0 Å². The van der Waals surface area contributed by atoms with Crippen molar-refractivity contribution in [3.63, 3.8) is 0 Å². The molecule has 202 valence electrons. The van der Waals surface area contributed by atoms with Gasteiger partial charge in [0.2, 0.25) is 11.9 Å². The van der Waals surface area contributed by atoms with Gasteiger partial charge in [0.25, 0.3) is 0 Å². The van der Waals surface area contributed by atoms with Crippen molar-refractivity contribution in [1.29, 1.82) is 0 Å². The second-order valence-electron chi connectivity index (χ2n) is 10.9. The van der Waals surface area contributed by atoms with Gasteiger partial charge in [0.05, 0.1) is 23.5 Å². The molecule has 0 spiro atoms. The molecule has 2 aromatic heterocycles. The van der Waals surface area contributed by atoms with Crippen LogP contribution in [0.2, 0.25) is 5.02 Å². The Bertz CT molecular complexity index is 1250. The number of para-hydroxylation sites is 1. The number of anilines is 1. The molecule has 5 heterocycles. The summed E-state index contributed by atoms with van der Waals surface area (Å²) >= 11 is 6.49. The quantitative estimate of drug-likeness (QED) is 0.427. The SMILES string of the molecule is O=C(CN1CC[C@@H](Nc2ncc(Cl)c(-c3c[nH]c4ccccc34)n2)C1)N1CCC(CN2CCNCC2)CC1. The van der Waals surface area contributed by atoms with Crippen molar-refractivity contribution in [3.05, 3.63) is 41.7 Å². The third-order valence-electron chi connectivity index (χ3n) is 8.25. The van der Waals surface area contributed by atoms with Crippen molar-refractivity contribution < 1.29 is 4.79 Å². The summed E-state index contributed by atoms with van der Waals surface area (Å²) in [6.45, 7) is 9.63. The van der Waals surface area contributed by atoms with E-state index in [0.717, 1.165) is 88.1 Å². The van der Waals surface area contributed by atoms with Gasteiger partial charge in [0, 0.05) is 87.6 Å². The number of piperazine rings is 1. The summed E-state index contributed by atoms with van der Waals surface area (Å²) in [5.74, 6) is 1.54. The van der Waals surface area contributed by atoms with Gasteiger partial charge in [0.15, 0.2) is 0 Å². The number of nitrogens with zero attached hydrogens (tertiary/aromatic N) is 5. The highest BCUT2D eigenvalue weighted by Gasteiger charge is 2.29. The highest BCUT2D eigenvalue weighted by Crippen LogP contribution is 2.32. The van der Waals surface area contributed by atoms with E-state index >= 15 is 0 Å². The third kappa shape index (κ3) is 5.81. The fourth-order valence-electron chi connectivity index (χ4n) is 6.08. The molecule has 6 rings (SSSR count). The number of nitrogens with one attached hydrogen (secondary N) is 3. The van der Waals surface area contributed by atoms with E-state index in [0.29, 0.717) is 29.1 Å². The van der Waals surface area contributed by atoms with Crippen LogP contribution in [0.1, 0.15) is 19.3 Å². The average molecular weight is 537 g/mol. The van der Waals surface area contributed by atoms with Gasteiger partial charge < -0.3 is 25.4 Å². The molecule has 1 aromatic carbocycles. The molecule has 3 aliphatic heterocycles. The number of benzene rings is 1. The molecule has 3 N–H and O–H groups in total. The minimum atomic E-state index is 0.199. The predicted octanol–water partition coefficient (Wildman–Crippen LogP) is 2.91. The van der Waals surface area contributed by atoms with Gasteiger partial charge in [0.1, 0.15) is 0 Å². The lowest BCUT2D eigenvalue weighted by Gasteiger charge is -2.36. The Hall–Kier alpha value is -2.72. The first kappa shape index (κ1) is 25.6. The summed E-state index contributed by atoms with van der Waals surface area (Å²) in [5, 5.41) is 8.51. The van der Waals surface area contributed by atoms with E-state index in [-0.39, 0.29) is 11.9 Å². The smallest absolute Gasteiger partial charge is 0.236 e. The van der Waals surface area contributed by atoms with Crippen molar-refractivity contribution in [1.82, 2.24) is 35.0 Å². The number of hydrogen-bond acceptors (Lipinski definition) is 7. The summed E-state index contributed by atoms with van der Waals surface area (Å²) in [5.41, 5.74) is 2.73. The monoisotopic (exact) mass is 536 g/mol. The topological polar surface area (TPSA) is 92.4 Å². The number of carbonyl (C=O) groups excluding carboxylic acids is 1. The zero-order valence-electron chi connectivity index (χ0n) is 21.8. The van der Waals surface area contributed by atoms with Crippen LogP contribution in [0.25, 0.3) is 22.2 Å². The zero-order valence-corrected chi connectivity index (χ0v) is 22.6. The predicted molar refractivity (Wildman–Crippen MR) is 151 cm³/mol. The number of likely N-dealkylation sites (tertiary alicyclic amines) is 2. The van der Waals surface area contributed by atoms with Crippen molar-refractivity contribution >= 4 is 34.4 Å². The van der Waals surface area contributed by atoms with E-state index in [1.54, 1.807) is 6.20 Å². The number of aromatic nitrogens is 3. The van der Waals surface area contributed by atoms with E-state index in [9.17, 15) is 4.79 Å².